The molecule has 0 aliphatic carbocycles. The Hall–Kier alpha value is -3.43. The van der Waals surface area contributed by atoms with E-state index in [0.29, 0.717) is 36.5 Å². The molecule has 1 aliphatic rings. The summed E-state index contributed by atoms with van der Waals surface area (Å²) in [7, 11) is 5.27. The molecule has 1 saturated heterocycles. The Balaban J connectivity index is 1.63. The van der Waals surface area contributed by atoms with Gasteiger partial charge in [-0.3, -0.25) is 4.79 Å². The fraction of sp³-hybridized carbons (Fsp3) is 0.423. The lowest BCUT2D eigenvalue weighted by molar-refractivity contribution is 0.0612. The average molecular weight is 477 g/mol. The number of fused-ring (bicyclic) bond motifs is 2. The molecule has 1 fully saturated rings. The van der Waals surface area contributed by atoms with Gasteiger partial charge in [-0.05, 0) is 50.1 Å². The van der Waals surface area contributed by atoms with Gasteiger partial charge in [0.15, 0.2) is 5.82 Å². The summed E-state index contributed by atoms with van der Waals surface area (Å²) in [5, 5.41) is 1.03. The predicted octanol–water partition coefficient (Wildman–Crippen LogP) is 3.20. The van der Waals surface area contributed by atoms with E-state index in [2.05, 4.69) is 22.5 Å². The van der Waals surface area contributed by atoms with Crippen molar-refractivity contribution >= 4 is 28.0 Å². The number of carbonyl (C=O) groups excluding carboxylic acids is 1. The molecule has 9 heteroatoms. The summed E-state index contributed by atoms with van der Waals surface area (Å²) in [4.78, 5) is 24.9. The van der Waals surface area contributed by atoms with Crippen LogP contribution >= 0.6 is 0 Å². The molecule has 1 aromatic carbocycles. The van der Waals surface area contributed by atoms with Crippen LogP contribution in [-0.4, -0.2) is 69.4 Å². The highest BCUT2D eigenvalue weighted by Gasteiger charge is 2.29. The molecule has 184 valence electrons. The quantitative estimate of drug-likeness (QED) is 0.459. The topological polar surface area (TPSA) is 100 Å². The van der Waals surface area contributed by atoms with Crippen LogP contribution in [0.25, 0.3) is 33.6 Å². The van der Waals surface area contributed by atoms with Gasteiger partial charge in [0.25, 0.3) is 5.91 Å². The fourth-order valence-electron chi connectivity index (χ4n) is 5.08. The van der Waals surface area contributed by atoms with E-state index in [9.17, 15) is 4.79 Å². The van der Waals surface area contributed by atoms with E-state index in [1.165, 1.54) is 0 Å². The highest BCUT2D eigenvalue weighted by Crippen LogP contribution is 2.34. The minimum atomic E-state index is -0.0431. The molecule has 0 saturated carbocycles. The van der Waals surface area contributed by atoms with Crippen LogP contribution in [0, 0.1) is 0 Å². The number of hydrogen-bond acceptors (Lipinski definition) is 6. The Bertz CT molecular complexity index is 1390. The molecule has 1 amide bonds. The lowest BCUT2D eigenvalue weighted by Crippen LogP contribution is -2.50. The standard InChI is InChI=1S/C26H32N6O3/c1-16-7-8-19(27)15-32(16)26(33)18-12-20-23(22(14-18)35-4)30(2)25(29-20)21-13-17-6-5-9-28-24(17)31(21)10-11-34-3/h5-6,9,12-14,16,19H,7-8,10-11,15,27H2,1-4H3/t16-,19+/m0/s1. The molecule has 4 aromatic rings. The number of imidazole rings is 1. The number of methoxy groups -OCH3 is 2. The zero-order valence-electron chi connectivity index (χ0n) is 20.7. The smallest absolute Gasteiger partial charge is 0.254 e. The van der Waals surface area contributed by atoms with Crippen LogP contribution in [0.2, 0.25) is 0 Å². The third kappa shape index (κ3) is 4.04. The molecule has 0 spiro atoms. The second-order valence-corrected chi connectivity index (χ2v) is 9.27. The van der Waals surface area contributed by atoms with Crippen molar-refractivity contribution in [2.45, 2.75) is 38.4 Å². The number of piperidine rings is 1. The number of nitrogens with zero attached hydrogens (tertiary/aromatic N) is 5. The van der Waals surface area contributed by atoms with Gasteiger partial charge in [0, 0.05) is 56.5 Å². The monoisotopic (exact) mass is 476 g/mol. The number of likely N-dealkylation sites (tertiary alicyclic amines) is 1. The van der Waals surface area contributed by atoms with Crippen molar-refractivity contribution < 1.29 is 14.3 Å². The first-order chi connectivity index (χ1) is 16.9. The van der Waals surface area contributed by atoms with Gasteiger partial charge in [-0.2, -0.15) is 0 Å². The zero-order valence-corrected chi connectivity index (χ0v) is 20.7. The molecule has 0 bridgehead atoms. The molecule has 1 aliphatic heterocycles. The van der Waals surface area contributed by atoms with Crippen LogP contribution in [-0.2, 0) is 18.3 Å². The molecule has 2 N–H and O–H groups in total. The van der Waals surface area contributed by atoms with Crippen molar-refractivity contribution in [2.24, 2.45) is 12.8 Å². The normalized spacial score (nSPS) is 18.5. The number of rotatable bonds is 6. The van der Waals surface area contributed by atoms with E-state index in [-0.39, 0.29) is 18.0 Å². The number of ether oxygens (including phenoxy) is 2. The molecular weight excluding hydrogens is 444 g/mol. The summed E-state index contributed by atoms with van der Waals surface area (Å²) in [6, 6.07) is 9.88. The molecule has 0 unspecified atom stereocenters. The Morgan fingerprint density at radius 1 is 1.23 bits per heavy atom. The van der Waals surface area contributed by atoms with Crippen molar-refractivity contribution in [3.63, 3.8) is 0 Å². The number of amides is 1. The third-order valence-corrected chi connectivity index (χ3v) is 6.98. The molecule has 35 heavy (non-hydrogen) atoms. The van der Waals surface area contributed by atoms with Crippen LogP contribution in [0.1, 0.15) is 30.1 Å². The van der Waals surface area contributed by atoms with Crippen LogP contribution in [0.15, 0.2) is 36.5 Å². The van der Waals surface area contributed by atoms with Gasteiger partial charge in [0.2, 0.25) is 0 Å². The van der Waals surface area contributed by atoms with Crippen LogP contribution < -0.4 is 10.5 Å². The maximum Gasteiger partial charge on any atom is 0.254 e. The van der Waals surface area contributed by atoms with Gasteiger partial charge in [-0.15, -0.1) is 0 Å². The molecular formula is C26H32N6O3. The van der Waals surface area contributed by atoms with E-state index in [4.69, 9.17) is 20.2 Å². The second-order valence-electron chi connectivity index (χ2n) is 9.27. The molecule has 2 atom stereocenters. The van der Waals surface area contributed by atoms with Gasteiger partial charge >= 0.3 is 0 Å². The van der Waals surface area contributed by atoms with Gasteiger partial charge in [0.05, 0.1) is 24.9 Å². The van der Waals surface area contributed by atoms with Crippen molar-refractivity contribution in [1.29, 1.82) is 0 Å². The number of pyridine rings is 1. The Morgan fingerprint density at radius 2 is 2.06 bits per heavy atom. The van der Waals surface area contributed by atoms with E-state index in [0.717, 1.165) is 40.9 Å². The van der Waals surface area contributed by atoms with E-state index in [1.807, 2.05) is 40.8 Å². The Morgan fingerprint density at radius 3 is 2.83 bits per heavy atom. The number of aromatic nitrogens is 4. The SMILES string of the molecule is COCCn1c(-c2nc3cc(C(=O)N4C[C@H](N)CC[C@@H]4C)cc(OC)c3n2C)cc2cccnc21. The van der Waals surface area contributed by atoms with Gasteiger partial charge in [-0.25, -0.2) is 9.97 Å². The summed E-state index contributed by atoms with van der Waals surface area (Å²) in [5.41, 5.74) is 10.1. The van der Waals surface area contributed by atoms with Crippen LogP contribution in [0.3, 0.4) is 0 Å². The maximum absolute atomic E-state index is 13.5. The third-order valence-electron chi connectivity index (χ3n) is 6.98. The van der Waals surface area contributed by atoms with E-state index < -0.39 is 0 Å². The highest BCUT2D eigenvalue weighted by atomic mass is 16.5. The predicted molar refractivity (Wildman–Crippen MR) is 136 cm³/mol. The van der Waals surface area contributed by atoms with Crippen molar-refractivity contribution in [3.05, 3.63) is 42.1 Å². The van der Waals surface area contributed by atoms with Gasteiger partial charge in [-0.1, -0.05) is 0 Å². The van der Waals surface area contributed by atoms with Crippen molar-refractivity contribution in [1.82, 2.24) is 24.0 Å². The lowest BCUT2D eigenvalue weighted by atomic mass is 9.99. The second kappa shape index (κ2) is 9.31. The molecule has 9 nitrogen and oxygen atoms in total. The number of benzene rings is 1. The molecule has 5 rings (SSSR count). The summed E-state index contributed by atoms with van der Waals surface area (Å²) >= 11 is 0. The largest absolute Gasteiger partial charge is 0.494 e. The number of carbonyl (C=O) groups is 1. The number of nitrogens with two attached hydrogens (primary N) is 1. The Kier molecular flexibility index (Phi) is 6.21. The summed E-state index contributed by atoms with van der Waals surface area (Å²) < 4.78 is 15.2. The van der Waals surface area contributed by atoms with Crippen molar-refractivity contribution in [3.8, 4) is 17.3 Å². The maximum atomic E-state index is 13.5. The summed E-state index contributed by atoms with van der Waals surface area (Å²) in [6.45, 7) is 3.82. The fourth-order valence-corrected chi connectivity index (χ4v) is 5.08. The van der Waals surface area contributed by atoms with Crippen LogP contribution in [0.5, 0.6) is 5.75 Å². The summed E-state index contributed by atoms with van der Waals surface area (Å²) in [6.07, 6.45) is 3.63. The first kappa shape index (κ1) is 23.3. The van der Waals surface area contributed by atoms with Gasteiger partial charge < -0.3 is 29.2 Å². The lowest BCUT2D eigenvalue weighted by Gasteiger charge is -2.36. The average Bonchev–Trinajstić information content (AvgIpc) is 3.40. The van der Waals surface area contributed by atoms with E-state index >= 15 is 0 Å². The first-order valence-corrected chi connectivity index (χ1v) is 12.0. The van der Waals surface area contributed by atoms with E-state index in [1.54, 1.807) is 20.4 Å². The minimum Gasteiger partial charge on any atom is -0.494 e. The minimum absolute atomic E-state index is 0.00450. The van der Waals surface area contributed by atoms with Crippen LogP contribution in [0.4, 0.5) is 0 Å². The number of aryl methyl sites for hydroxylation is 1. The van der Waals surface area contributed by atoms with Crippen molar-refractivity contribution in [2.75, 3.05) is 27.4 Å². The van der Waals surface area contributed by atoms with Gasteiger partial charge in [0.1, 0.15) is 16.9 Å². The molecule has 3 aromatic heterocycles. The Labute approximate surface area is 204 Å². The molecule has 0 radical (unpaired) electrons. The first-order valence-electron chi connectivity index (χ1n) is 12.0. The zero-order chi connectivity index (χ0) is 24.7. The molecule has 4 heterocycles. The highest BCUT2D eigenvalue weighted by molar-refractivity contribution is 6.00. The number of hydrogen-bond donors (Lipinski definition) is 1. The summed E-state index contributed by atoms with van der Waals surface area (Å²) in [5.74, 6) is 1.34.